The summed E-state index contributed by atoms with van der Waals surface area (Å²) in [5.41, 5.74) is 8.56. The molecule has 4 rings (SSSR count). The third-order valence-electron chi connectivity index (χ3n) is 5.46. The number of nitrogens with two attached hydrogens (primary N) is 1. The van der Waals surface area contributed by atoms with Crippen molar-refractivity contribution in [3.05, 3.63) is 76.8 Å². The van der Waals surface area contributed by atoms with Gasteiger partial charge in [0.25, 0.3) is 0 Å². The van der Waals surface area contributed by atoms with Gasteiger partial charge in [-0.2, -0.15) is 10.1 Å². The average Bonchev–Trinajstić information content (AvgIpc) is 3.23. The number of hydrogen-bond acceptors (Lipinski definition) is 7. The molecule has 172 valence electrons. The Balaban J connectivity index is 1.69. The zero-order chi connectivity index (χ0) is 23.4. The number of methoxy groups -OCH3 is 1. The Labute approximate surface area is 191 Å². The summed E-state index contributed by atoms with van der Waals surface area (Å²) in [4.78, 5) is 16.9. The SMILES string of the molecule is COc1cc(C2C(C(N)=O)=C(C)Nc3nc(CCCO)nn32)ccc1OCc1ccccc1. The number of amides is 1. The summed E-state index contributed by atoms with van der Waals surface area (Å²) in [5, 5.41) is 16.8. The van der Waals surface area contributed by atoms with Crippen molar-refractivity contribution in [1.29, 1.82) is 0 Å². The maximum atomic E-state index is 12.4. The van der Waals surface area contributed by atoms with Gasteiger partial charge in [-0.15, -0.1) is 0 Å². The van der Waals surface area contributed by atoms with Gasteiger partial charge >= 0.3 is 0 Å². The minimum Gasteiger partial charge on any atom is -0.493 e. The molecule has 0 bridgehead atoms. The van der Waals surface area contributed by atoms with Crippen LogP contribution in [0.3, 0.4) is 0 Å². The highest BCUT2D eigenvalue weighted by Gasteiger charge is 2.33. The Kier molecular flexibility index (Phi) is 6.60. The highest BCUT2D eigenvalue weighted by Crippen LogP contribution is 2.38. The number of hydrogen-bond donors (Lipinski definition) is 3. The second kappa shape index (κ2) is 9.74. The molecule has 0 saturated carbocycles. The first-order valence-corrected chi connectivity index (χ1v) is 10.7. The van der Waals surface area contributed by atoms with E-state index in [2.05, 4.69) is 15.4 Å². The molecule has 0 radical (unpaired) electrons. The van der Waals surface area contributed by atoms with Crippen LogP contribution < -0.4 is 20.5 Å². The number of rotatable bonds is 9. The highest BCUT2D eigenvalue weighted by atomic mass is 16.5. The number of benzene rings is 2. The number of allylic oxidation sites excluding steroid dienone is 1. The van der Waals surface area contributed by atoms with Crippen molar-refractivity contribution in [2.24, 2.45) is 5.73 Å². The average molecular weight is 450 g/mol. The molecule has 33 heavy (non-hydrogen) atoms. The van der Waals surface area contributed by atoms with Crippen LogP contribution in [-0.2, 0) is 17.8 Å². The van der Waals surface area contributed by atoms with E-state index in [-0.39, 0.29) is 6.61 Å². The van der Waals surface area contributed by atoms with Gasteiger partial charge in [-0.3, -0.25) is 4.79 Å². The Morgan fingerprint density at radius 3 is 2.70 bits per heavy atom. The summed E-state index contributed by atoms with van der Waals surface area (Å²) in [6.45, 7) is 2.23. The minimum atomic E-state index is -0.578. The molecular weight excluding hydrogens is 422 g/mol. The van der Waals surface area contributed by atoms with E-state index in [1.165, 1.54) is 0 Å². The first-order valence-electron chi connectivity index (χ1n) is 10.7. The van der Waals surface area contributed by atoms with Crippen molar-refractivity contribution in [3.8, 4) is 11.5 Å². The molecule has 1 amide bonds. The molecule has 2 heterocycles. The maximum Gasteiger partial charge on any atom is 0.248 e. The number of primary amides is 1. The summed E-state index contributed by atoms with van der Waals surface area (Å²) < 4.78 is 13.2. The van der Waals surface area contributed by atoms with Crippen LogP contribution in [0.5, 0.6) is 11.5 Å². The Morgan fingerprint density at radius 2 is 2.00 bits per heavy atom. The van der Waals surface area contributed by atoms with E-state index in [0.29, 0.717) is 54.0 Å². The molecular formula is C24H27N5O4. The van der Waals surface area contributed by atoms with Crippen molar-refractivity contribution in [3.63, 3.8) is 0 Å². The molecule has 1 aromatic heterocycles. The van der Waals surface area contributed by atoms with Gasteiger partial charge in [-0.05, 0) is 36.6 Å². The number of ether oxygens (including phenoxy) is 2. The standard InChI is InChI=1S/C24H27N5O4/c1-15-21(23(25)31)22(29-24(26-15)27-20(28-29)9-6-12-30)17-10-11-18(19(13-17)32-2)33-14-16-7-4-3-5-8-16/h3-5,7-8,10-11,13,22,30H,6,9,12,14H2,1-2H3,(H2,25,31)(H,26,27,28). The van der Waals surface area contributed by atoms with Gasteiger partial charge < -0.3 is 25.6 Å². The van der Waals surface area contributed by atoms with Crippen LogP contribution in [0.4, 0.5) is 5.95 Å². The lowest BCUT2D eigenvalue weighted by molar-refractivity contribution is -0.115. The van der Waals surface area contributed by atoms with Crippen LogP contribution in [0.15, 0.2) is 59.8 Å². The number of aliphatic hydroxyl groups is 1. The van der Waals surface area contributed by atoms with Crippen LogP contribution >= 0.6 is 0 Å². The summed E-state index contributed by atoms with van der Waals surface area (Å²) in [7, 11) is 1.57. The minimum absolute atomic E-state index is 0.0478. The van der Waals surface area contributed by atoms with Crippen molar-refractivity contribution < 1.29 is 19.4 Å². The number of anilines is 1. The molecule has 9 heteroatoms. The molecule has 4 N–H and O–H groups in total. The Bertz CT molecular complexity index is 1170. The molecule has 1 aliphatic heterocycles. The number of carbonyl (C=O) groups is 1. The van der Waals surface area contributed by atoms with E-state index in [0.717, 1.165) is 11.1 Å². The summed E-state index contributed by atoms with van der Waals surface area (Å²) in [6.07, 6.45) is 1.07. The molecule has 1 unspecified atom stereocenters. The zero-order valence-electron chi connectivity index (χ0n) is 18.6. The van der Waals surface area contributed by atoms with Gasteiger partial charge in [0.05, 0.1) is 12.7 Å². The van der Waals surface area contributed by atoms with Crippen molar-refractivity contribution in [2.45, 2.75) is 32.4 Å². The number of nitrogens with zero attached hydrogens (tertiary/aromatic N) is 3. The van der Waals surface area contributed by atoms with Crippen LogP contribution in [0.25, 0.3) is 0 Å². The predicted octanol–water partition coefficient (Wildman–Crippen LogP) is 2.56. The Hall–Kier alpha value is -3.85. The van der Waals surface area contributed by atoms with Gasteiger partial charge in [0.2, 0.25) is 11.9 Å². The summed E-state index contributed by atoms with van der Waals surface area (Å²) >= 11 is 0. The first-order chi connectivity index (χ1) is 16.0. The lowest BCUT2D eigenvalue weighted by atomic mass is 9.95. The van der Waals surface area contributed by atoms with E-state index in [9.17, 15) is 4.79 Å². The highest BCUT2D eigenvalue weighted by molar-refractivity contribution is 5.95. The molecule has 1 aliphatic rings. The number of carbonyl (C=O) groups excluding carboxylic acids is 1. The molecule has 3 aromatic rings. The second-order valence-electron chi connectivity index (χ2n) is 7.74. The third kappa shape index (κ3) is 4.68. The monoisotopic (exact) mass is 449 g/mol. The maximum absolute atomic E-state index is 12.4. The van der Waals surface area contributed by atoms with E-state index in [1.54, 1.807) is 18.7 Å². The van der Waals surface area contributed by atoms with Gasteiger partial charge in [0, 0.05) is 18.7 Å². The zero-order valence-corrected chi connectivity index (χ0v) is 18.6. The number of fused-ring (bicyclic) bond motifs is 1. The van der Waals surface area contributed by atoms with Crippen LogP contribution in [0.1, 0.15) is 36.3 Å². The van der Waals surface area contributed by atoms with E-state index in [4.69, 9.17) is 20.3 Å². The largest absolute Gasteiger partial charge is 0.493 e. The van der Waals surface area contributed by atoms with E-state index >= 15 is 0 Å². The number of aryl methyl sites for hydroxylation is 1. The normalized spacial score (nSPS) is 15.1. The molecule has 2 aromatic carbocycles. The van der Waals surface area contributed by atoms with Crippen LogP contribution in [-0.4, -0.2) is 39.5 Å². The number of aliphatic hydroxyl groups excluding tert-OH is 1. The van der Waals surface area contributed by atoms with Gasteiger partial charge in [0.15, 0.2) is 17.3 Å². The van der Waals surface area contributed by atoms with Crippen molar-refractivity contribution in [2.75, 3.05) is 19.0 Å². The molecule has 0 aliphatic carbocycles. The molecule has 9 nitrogen and oxygen atoms in total. The molecule has 0 spiro atoms. The van der Waals surface area contributed by atoms with E-state index < -0.39 is 11.9 Å². The summed E-state index contributed by atoms with van der Waals surface area (Å²) in [5.74, 6) is 1.66. The predicted molar refractivity (Wildman–Crippen MR) is 123 cm³/mol. The Morgan fingerprint density at radius 1 is 1.21 bits per heavy atom. The fraction of sp³-hybridized carbons (Fsp3) is 0.292. The lowest BCUT2D eigenvalue weighted by Gasteiger charge is -2.28. The second-order valence-corrected chi connectivity index (χ2v) is 7.74. The summed E-state index contributed by atoms with van der Waals surface area (Å²) in [6, 6.07) is 14.8. The van der Waals surface area contributed by atoms with Gasteiger partial charge in [0.1, 0.15) is 12.6 Å². The van der Waals surface area contributed by atoms with Crippen molar-refractivity contribution >= 4 is 11.9 Å². The molecule has 0 saturated heterocycles. The van der Waals surface area contributed by atoms with Gasteiger partial charge in [-0.25, -0.2) is 4.68 Å². The van der Waals surface area contributed by atoms with Gasteiger partial charge in [-0.1, -0.05) is 36.4 Å². The van der Waals surface area contributed by atoms with Crippen LogP contribution in [0.2, 0.25) is 0 Å². The lowest BCUT2D eigenvalue weighted by Crippen LogP contribution is -2.31. The van der Waals surface area contributed by atoms with E-state index in [1.807, 2.05) is 48.5 Å². The third-order valence-corrected chi connectivity index (χ3v) is 5.46. The first kappa shape index (κ1) is 22.3. The molecule has 0 fully saturated rings. The van der Waals surface area contributed by atoms with Crippen LogP contribution in [0, 0.1) is 0 Å². The van der Waals surface area contributed by atoms with Crippen molar-refractivity contribution in [1.82, 2.24) is 14.8 Å². The fourth-order valence-corrected chi connectivity index (χ4v) is 3.87. The number of aromatic nitrogens is 3. The molecule has 1 atom stereocenters. The quantitative estimate of drug-likeness (QED) is 0.458. The smallest absolute Gasteiger partial charge is 0.248 e. The number of nitrogens with one attached hydrogen (secondary N) is 1. The fourth-order valence-electron chi connectivity index (χ4n) is 3.87. The topological polar surface area (TPSA) is 125 Å².